The van der Waals surface area contributed by atoms with Gasteiger partial charge in [-0.3, -0.25) is 4.79 Å². The highest BCUT2D eigenvalue weighted by Crippen LogP contribution is 2.52. The number of rotatable bonds is 2. The molecule has 16 heavy (non-hydrogen) atoms. The minimum absolute atomic E-state index is 0.254. The minimum Gasteiger partial charge on any atom is -0.295 e. The van der Waals surface area contributed by atoms with Crippen LogP contribution in [0.4, 0.5) is 0 Å². The third kappa shape index (κ3) is 1.77. The van der Waals surface area contributed by atoms with E-state index >= 15 is 0 Å². The Morgan fingerprint density at radius 1 is 1.44 bits per heavy atom. The van der Waals surface area contributed by atoms with Crippen LogP contribution in [0.1, 0.15) is 53.4 Å². The lowest BCUT2D eigenvalue weighted by atomic mass is 9.72. The zero-order chi connectivity index (χ0) is 11.9. The summed E-state index contributed by atoms with van der Waals surface area (Å²) in [4.78, 5) is 11.5. The third-order valence-electron chi connectivity index (χ3n) is 4.38. The van der Waals surface area contributed by atoms with Crippen LogP contribution in [0.3, 0.4) is 0 Å². The molecule has 0 amide bonds. The molecule has 0 saturated carbocycles. The average molecular weight is 218 g/mol. The van der Waals surface area contributed by atoms with Gasteiger partial charge in [-0.05, 0) is 49.5 Å². The molecular formula is C15H22O. The van der Waals surface area contributed by atoms with Crippen LogP contribution in [0.15, 0.2) is 22.8 Å². The molecule has 2 rings (SSSR count). The van der Waals surface area contributed by atoms with Gasteiger partial charge in [-0.2, -0.15) is 0 Å². The molecule has 0 aromatic rings. The van der Waals surface area contributed by atoms with Gasteiger partial charge in [0.2, 0.25) is 0 Å². The van der Waals surface area contributed by atoms with Crippen LogP contribution in [-0.4, -0.2) is 5.78 Å². The van der Waals surface area contributed by atoms with Crippen molar-refractivity contribution in [1.29, 1.82) is 0 Å². The third-order valence-corrected chi connectivity index (χ3v) is 4.38. The van der Waals surface area contributed by atoms with Gasteiger partial charge >= 0.3 is 0 Å². The summed E-state index contributed by atoms with van der Waals surface area (Å²) in [5.41, 5.74) is 4.59. The standard InChI is InChI=1S/C15H22O/c1-10(2)13-6-8-15(4)7-5-12(11(3)16)9-14(13)15/h5,10H,6-9H2,1-4H3/t15-/m0/s1. The Morgan fingerprint density at radius 2 is 2.12 bits per heavy atom. The van der Waals surface area contributed by atoms with Crippen molar-refractivity contribution in [2.24, 2.45) is 11.3 Å². The number of hydrogen-bond acceptors (Lipinski definition) is 1. The van der Waals surface area contributed by atoms with E-state index in [4.69, 9.17) is 0 Å². The van der Waals surface area contributed by atoms with Crippen molar-refractivity contribution < 1.29 is 4.79 Å². The van der Waals surface area contributed by atoms with Gasteiger partial charge in [0.25, 0.3) is 0 Å². The molecule has 0 radical (unpaired) electrons. The van der Waals surface area contributed by atoms with E-state index in [1.54, 1.807) is 18.1 Å². The van der Waals surface area contributed by atoms with Crippen LogP contribution in [0.5, 0.6) is 0 Å². The predicted molar refractivity (Wildman–Crippen MR) is 67.2 cm³/mol. The van der Waals surface area contributed by atoms with Crippen LogP contribution < -0.4 is 0 Å². The lowest BCUT2D eigenvalue weighted by Crippen LogP contribution is -2.21. The number of carbonyl (C=O) groups is 1. The maximum Gasteiger partial charge on any atom is 0.155 e. The van der Waals surface area contributed by atoms with Crippen LogP contribution in [-0.2, 0) is 4.79 Å². The van der Waals surface area contributed by atoms with E-state index < -0.39 is 0 Å². The molecule has 0 fully saturated rings. The first-order valence-corrected chi connectivity index (χ1v) is 6.36. The van der Waals surface area contributed by atoms with Gasteiger partial charge < -0.3 is 0 Å². The van der Waals surface area contributed by atoms with Crippen molar-refractivity contribution in [3.05, 3.63) is 22.8 Å². The molecule has 0 aromatic carbocycles. The van der Waals surface area contributed by atoms with E-state index in [0.717, 1.165) is 18.4 Å². The van der Waals surface area contributed by atoms with Crippen molar-refractivity contribution in [2.75, 3.05) is 0 Å². The normalized spacial score (nSPS) is 29.4. The zero-order valence-corrected chi connectivity index (χ0v) is 10.9. The quantitative estimate of drug-likeness (QED) is 0.639. The van der Waals surface area contributed by atoms with Crippen molar-refractivity contribution in [2.45, 2.75) is 53.4 Å². The second-order valence-corrected chi connectivity index (χ2v) is 5.89. The lowest BCUT2D eigenvalue weighted by Gasteiger charge is -2.32. The first kappa shape index (κ1) is 11.6. The van der Waals surface area contributed by atoms with Gasteiger partial charge in [-0.1, -0.05) is 38.0 Å². The number of ketones is 1. The van der Waals surface area contributed by atoms with Crippen LogP contribution in [0.25, 0.3) is 0 Å². The largest absolute Gasteiger partial charge is 0.295 e. The molecule has 0 aromatic heterocycles. The fourth-order valence-electron chi connectivity index (χ4n) is 3.17. The summed E-state index contributed by atoms with van der Waals surface area (Å²) in [5.74, 6) is 0.896. The minimum atomic E-state index is 0.254. The second-order valence-electron chi connectivity index (χ2n) is 5.89. The van der Waals surface area contributed by atoms with Crippen LogP contribution >= 0.6 is 0 Å². The molecule has 88 valence electrons. The summed E-state index contributed by atoms with van der Waals surface area (Å²) in [5, 5.41) is 0. The molecule has 2 aliphatic carbocycles. The topological polar surface area (TPSA) is 17.1 Å². The van der Waals surface area contributed by atoms with Gasteiger partial charge in [0.1, 0.15) is 0 Å². The van der Waals surface area contributed by atoms with Gasteiger partial charge in [-0.15, -0.1) is 0 Å². The van der Waals surface area contributed by atoms with E-state index in [-0.39, 0.29) is 5.78 Å². The van der Waals surface area contributed by atoms with Crippen LogP contribution in [0.2, 0.25) is 0 Å². The highest BCUT2D eigenvalue weighted by Gasteiger charge is 2.39. The molecule has 0 unspecified atom stereocenters. The molecule has 1 nitrogen and oxygen atoms in total. The summed E-state index contributed by atoms with van der Waals surface area (Å²) in [6, 6.07) is 0. The Bertz CT molecular complexity index is 384. The Morgan fingerprint density at radius 3 is 2.69 bits per heavy atom. The summed E-state index contributed by atoms with van der Waals surface area (Å²) in [6.07, 6.45) is 6.67. The van der Waals surface area contributed by atoms with Crippen molar-refractivity contribution in [3.8, 4) is 0 Å². The van der Waals surface area contributed by atoms with Gasteiger partial charge in [0.05, 0.1) is 0 Å². The van der Waals surface area contributed by atoms with Crippen molar-refractivity contribution in [1.82, 2.24) is 0 Å². The number of Topliss-reactive ketones (excluding diaryl/α,β-unsaturated/α-hetero) is 1. The first-order chi connectivity index (χ1) is 7.44. The van der Waals surface area contributed by atoms with Crippen LogP contribution in [0, 0.1) is 11.3 Å². The summed E-state index contributed by atoms with van der Waals surface area (Å²) < 4.78 is 0. The maximum atomic E-state index is 11.5. The summed E-state index contributed by atoms with van der Waals surface area (Å²) in [6.45, 7) is 8.61. The van der Waals surface area contributed by atoms with Gasteiger partial charge in [0, 0.05) is 0 Å². The molecule has 0 bridgehead atoms. The Hall–Kier alpha value is -0.850. The fourth-order valence-corrected chi connectivity index (χ4v) is 3.17. The number of fused-ring (bicyclic) bond motifs is 1. The summed E-state index contributed by atoms with van der Waals surface area (Å²) in [7, 11) is 0. The van der Waals surface area contributed by atoms with E-state index in [9.17, 15) is 4.79 Å². The fraction of sp³-hybridized carbons (Fsp3) is 0.667. The molecule has 1 heteroatoms. The van der Waals surface area contributed by atoms with E-state index in [1.807, 2.05) is 0 Å². The molecule has 0 N–H and O–H groups in total. The Labute approximate surface area is 98.6 Å². The van der Waals surface area contributed by atoms with Crippen molar-refractivity contribution >= 4 is 5.78 Å². The molecule has 2 aliphatic rings. The van der Waals surface area contributed by atoms with E-state index in [0.29, 0.717) is 11.3 Å². The molecule has 0 heterocycles. The molecule has 0 spiro atoms. The predicted octanol–water partition coefficient (Wildman–Crippen LogP) is 4.05. The Kier molecular flexibility index (Phi) is 2.81. The molecule has 0 saturated heterocycles. The van der Waals surface area contributed by atoms with Gasteiger partial charge in [0.15, 0.2) is 5.78 Å². The summed E-state index contributed by atoms with van der Waals surface area (Å²) >= 11 is 0. The monoisotopic (exact) mass is 218 g/mol. The molecule has 0 aliphatic heterocycles. The first-order valence-electron chi connectivity index (χ1n) is 6.36. The zero-order valence-electron chi connectivity index (χ0n) is 10.9. The molecular weight excluding hydrogens is 196 g/mol. The van der Waals surface area contributed by atoms with E-state index in [1.165, 1.54) is 12.8 Å². The lowest BCUT2D eigenvalue weighted by molar-refractivity contribution is -0.113. The average Bonchev–Trinajstić information content (AvgIpc) is 2.53. The molecule has 1 atom stereocenters. The number of hydrogen-bond donors (Lipinski definition) is 0. The van der Waals surface area contributed by atoms with Crippen molar-refractivity contribution in [3.63, 3.8) is 0 Å². The van der Waals surface area contributed by atoms with Gasteiger partial charge in [-0.25, -0.2) is 0 Å². The SMILES string of the molecule is CC(=O)C1=CC[C@@]2(C)CCC(C(C)C)=C2C1. The number of carbonyl (C=O) groups excluding carboxylic acids is 1. The highest BCUT2D eigenvalue weighted by atomic mass is 16.1. The highest BCUT2D eigenvalue weighted by molar-refractivity contribution is 5.94. The Balaban J connectivity index is 2.38. The number of allylic oxidation sites excluding steroid dienone is 4. The maximum absolute atomic E-state index is 11.5. The smallest absolute Gasteiger partial charge is 0.155 e. The second kappa shape index (κ2) is 3.87. The van der Waals surface area contributed by atoms with E-state index in [2.05, 4.69) is 26.8 Å².